The number of aromatic nitrogens is 2. The SMILES string of the molecule is CCC(C)SCc1noc(C2CNCC2C)n1. The Kier molecular flexibility index (Phi) is 4.45. The Morgan fingerprint density at radius 1 is 1.53 bits per heavy atom. The lowest BCUT2D eigenvalue weighted by Crippen LogP contribution is -2.08. The Morgan fingerprint density at radius 3 is 3.00 bits per heavy atom. The highest BCUT2D eigenvalue weighted by Crippen LogP contribution is 2.27. The first kappa shape index (κ1) is 12.9. The first-order valence-corrected chi connectivity index (χ1v) is 7.40. The normalized spacial score (nSPS) is 26.3. The van der Waals surface area contributed by atoms with E-state index in [0.717, 1.165) is 30.6 Å². The minimum atomic E-state index is 0.393. The Labute approximate surface area is 107 Å². The fourth-order valence-electron chi connectivity index (χ4n) is 1.95. The molecule has 1 aromatic rings. The molecule has 2 heterocycles. The molecule has 0 amide bonds. The van der Waals surface area contributed by atoms with Gasteiger partial charge in [0.05, 0.1) is 11.7 Å². The van der Waals surface area contributed by atoms with Crippen LogP contribution in [0, 0.1) is 5.92 Å². The zero-order valence-electron chi connectivity index (χ0n) is 10.8. The van der Waals surface area contributed by atoms with Crippen molar-refractivity contribution in [3.8, 4) is 0 Å². The predicted molar refractivity (Wildman–Crippen MR) is 70.1 cm³/mol. The monoisotopic (exact) mass is 255 g/mol. The van der Waals surface area contributed by atoms with E-state index in [1.54, 1.807) is 0 Å². The fourth-order valence-corrected chi connectivity index (χ4v) is 2.74. The molecule has 0 aliphatic carbocycles. The van der Waals surface area contributed by atoms with Gasteiger partial charge in [-0.15, -0.1) is 0 Å². The molecule has 0 radical (unpaired) electrons. The van der Waals surface area contributed by atoms with Crippen LogP contribution in [-0.4, -0.2) is 28.5 Å². The van der Waals surface area contributed by atoms with Crippen LogP contribution in [-0.2, 0) is 5.75 Å². The highest BCUT2D eigenvalue weighted by molar-refractivity contribution is 7.99. The van der Waals surface area contributed by atoms with Crippen molar-refractivity contribution in [2.24, 2.45) is 5.92 Å². The highest BCUT2D eigenvalue weighted by atomic mass is 32.2. The molecule has 0 bridgehead atoms. The molecular formula is C12H21N3OS. The van der Waals surface area contributed by atoms with Gasteiger partial charge in [-0.2, -0.15) is 16.7 Å². The van der Waals surface area contributed by atoms with Gasteiger partial charge in [0.15, 0.2) is 5.82 Å². The summed E-state index contributed by atoms with van der Waals surface area (Å²) in [4.78, 5) is 4.51. The minimum Gasteiger partial charge on any atom is -0.339 e. The van der Waals surface area contributed by atoms with Crippen LogP contribution in [0.3, 0.4) is 0 Å². The summed E-state index contributed by atoms with van der Waals surface area (Å²) in [5, 5.41) is 8.08. The summed E-state index contributed by atoms with van der Waals surface area (Å²) in [7, 11) is 0. The summed E-state index contributed by atoms with van der Waals surface area (Å²) >= 11 is 1.89. The lowest BCUT2D eigenvalue weighted by Gasteiger charge is -2.07. The van der Waals surface area contributed by atoms with E-state index in [2.05, 4.69) is 36.2 Å². The van der Waals surface area contributed by atoms with Crippen LogP contribution in [0.25, 0.3) is 0 Å². The first-order chi connectivity index (χ1) is 8.20. The topological polar surface area (TPSA) is 51.0 Å². The van der Waals surface area contributed by atoms with Crippen LogP contribution in [0.1, 0.15) is 44.8 Å². The molecule has 5 heteroatoms. The Balaban J connectivity index is 1.91. The average molecular weight is 255 g/mol. The van der Waals surface area contributed by atoms with Crippen molar-refractivity contribution in [2.75, 3.05) is 13.1 Å². The molecule has 2 rings (SSSR count). The summed E-state index contributed by atoms with van der Waals surface area (Å²) in [6.07, 6.45) is 1.18. The standard InChI is InChI=1S/C12H21N3OS/c1-4-9(3)17-7-11-14-12(16-15-11)10-6-13-5-8(10)2/h8-10,13H,4-7H2,1-3H3. The maximum atomic E-state index is 5.37. The van der Waals surface area contributed by atoms with Crippen LogP contribution >= 0.6 is 11.8 Å². The predicted octanol–water partition coefficient (Wildman–Crippen LogP) is 2.42. The van der Waals surface area contributed by atoms with E-state index in [-0.39, 0.29) is 0 Å². The number of hydrogen-bond donors (Lipinski definition) is 1. The van der Waals surface area contributed by atoms with E-state index in [1.807, 2.05) is 11.8 Å². The van der Waals surface area contributed by atoms with Gasteiger partial charge in [-0.3, -0.25) is 0 Å². The second kappa shape index (κ2) is 5.87. The Hall–Kier alpha value is -0.550. The zero-order valence-corrected chi connectivity index (χ0v) is 11.6. The van der Waals surface area contributed by atoms with E-state index in [4.69, 9.17) is 4.52 Å². The molecule has 1 N–H and O–H groups in total. The molecule has 0 saturated carbocycles. The van der Waals surface area contributed by atoms with E-state index >= 15 is 0 Å². The quantitative estimate of drug-likeness (QED) is 0.875. The van der Waals surface area contributed by atoms with Gasteiger partial charge in [-0.25, -0.2) is 0 Å². The molecule has 4 nitrogen and oxygen atoms in total. The molecule has 96 valence electrons. The largest absolute Gasteiger partial charge is 0.339 e. The fraction of sp³-hybridized carbons (Fsp3) is 0.833. The van der Waals surface area contributed by atoms with Crippen molar-refractivity contribution in [2.45, 2.75) is 44.1 Å². The smallest absolute Gasteiger partial charge is 0.231 e. The second-order valence-electron chi connectivity index (χ2n) is 4.82. The van der Waals surface area contributed by atoms with Crippen molar-refractivity contribution >= 4 is 11.8 Å². The average Bonchev–Trinajstić information content (AvgIpc) is 2.94. The third-order valence-electron chi connectivity index (χ3n) is 3.39. The van der Waals surface area contributed by atoms with Gasteiger partial charge in [0.2, 0.25) is 5.89 Å². The maximum Gasteiger partial charge on any atom is 0.231 e. The maximum absolute atomic E-state index is 5.37. The number of hydrogen-bond acceptors (Lipinski definition) is 5. The first-order valence-electron chi connectivity index (χ1n) is 6.35. The third-order valence-corrected chi connectivity index (χ3v) is 4.72. The molecule has 0 spiro atoms. The molecule has 3 atom stereocenters. The molecule has 17 heavy (non-hydrogen) atoms. The number of nitrogens with zero attached hydrogens (tertiary/aromatic N) is 2. The van der Waals surface area contributed by atoms with Crippen molar-refractivity contribution < 1.29 is 4.52 Å². The number of nitrogens with one attached hydrogen (secondary N) is 1. The van der Waals surface area contributed by atoms with Crippen molar-refractivity contribution in [1.29, 1.82) is 0 Å². The van der Waals surface area contributed by atoms with Gasteiger partial charge in [-0.1, -0.05) is 25.9 Å². The molecule has 1 aromatic heterocycles. The number of thioether (sulfide) groups is 1. The molecular weight excluding hydrogens is 234 g/mol. The van der Waals surface area contributed by atoms with E-state index in [9.17, 15) is 0 Å². The molecule has 0 aromatic carbocycles. The lowest BCUT2D eigenvalue weighted by molar-refractivity contribution is 0.337. The van der Waals surface area contributed by atoms with Crippen LogP contribution in [0.15, 0.2) is 4.52 Å². The minimum absolute atomic E-state index is 0.393. The summed E-state index contributed by atoms with van der Waals surface area (Å²) in [6.45, 7) is 8.66. The number of rotatable bonds is 5. The van der Waals surface area contributed by atoms with Gasteiger partial charge < -0.3 is 9.84 Å². The Morgan fingerprint density at radius 2 is 2.35 bits per heavy atom. The van der Waals surface area contributed by atoms with Gasteiger partial charge >= 0.3 is 0 Å². The molecule has 1 fully saturated rings. The third kappa shape index (κ3) is 3.22. The van der Waals surface area contributed by atoms with E-state index in [1.165, 1.54) is 6.42 Å². The summed E-state index contributed by atoms with van der Waals surface area (Å²) in [6, 6.07) is 0. The molecule has 1 aliphatic heterocycles. The van der Waals surface area contributed by atoms with Crippen LogP contribution in [0.2, 0.25) is 0 Å². The van der Waals surface area contributed by atoms with Gasteiger partial charge in [-0.05, 0) is 18.9 Å². The summed E-state index contributed by atoms with van der Waals surface area (Å²) in [5.74, 6) is 3.48. The van der Waals surface area contributed by atoms with E-state index in [0.29, 0.717) is 17.1 Å². The lowest BCUT2D eigenvalue weighted by atomic mass is 9.98. The van der Waals surface area contributed by atoms with Crippen molar-refractivity contribution in [3.63, 3.8) is 0 Å². The van der Waals surface area contributed by atoms with E-state index < -0.39 is 0 Å². The molecule has 1 aliphatic rings. The van der Waals surface area contributed by atoms with Crippen LogP contribution in [0.5, 0.6) is 0 Å². The Bertz CT molecular complexity index is 355. The second-order valence-corrected chi connectivity index (χ2v) is 6.25. The van der Waals surface area contributed by atoms with Crippen molar-refractivity contribution in [1.82, 2.24) is 15.5 Å². The molecule has 1 saturated heterocycles. The summed E-state index contributed by atoms with van der Waals surface area (Å²) in [5.41, 5.74) is 0. The summed E-state index contributed by atoms with van der Waals surface area (Å²) < 4.78 is 5.37. The van der Waals surface area contributed by atoms with Crippen molar-refractivity contribution in [3.05, 3.63) is 11.7 Å². The van der Waals surface area contributed by atoms with Gasteiger partial charge in [0, 0.05) is 11.8 Å². The zero-order chi connectivity index (χ0) is 12.3. The molecule has 3 unspecified atom stereocenters. The van der Waals surface area contributed by atoms with Gasteiger partial charge in [0.1, 0.15) is 0 Å². The van der Waals surface area contributed by atoms with Crippen LogP contribution in [0.4, 0.5) is 0 Å². The van der Waals surface area contributed by atoms with Gasteiger partial charge in [0.25, 0.3) is 0 Å². The van der Waals surface area contributed by atoms with Crippen LogP contribution < -0.4 is 5.32 Å². The highest BCUT2D eigenvalue weighted by Gasteiger charge is 2.29.